The monoisotopic (exact) mass is 333 g/mol. The van der Waals surface area contributed by atoms with Crippen molar-refractivity contribution in [2.45, 2.75) is 4.90 Å². The Morgan fingerprint density at radius 3 is 1.92 bits per heavy atom. The molecule has 0 saturated carbocycles. The number of hydrogen-bond donors (Lipinski definition) is 0. The van der Waals surface area contributed by atoms with Crippen LogP contribution in [0, 0.1) is 0 Å². The molecule has 0 aliphatic rings. The second-order valence-corrected chi connectivity index (χ2v) is 6.08. The van der Waals surface area contributed by atoms with Gasteiger partial charge in [-0.25, -0.2) is 8.42 Å². The molecule has 0 bridgehead atoms. The maximum Gasteiger partial charge on any atom is 0.263 e. The molecular weight excluding hydrogens is 333 g/mol. The molecule has 0 atom stereocenters. The van der Waals surface area contributed by atoms with Crippen molar-refractivity contribution < 1.29 is 8.42 Å². The zero-order valence-electron chi connectivity index (χ0n) is 5.46. The molecule has 0 unspecified atom stereocenters. The van der Waals surface area contributed by atoms with Crippen LogP contribution in [0.25, 0.3) is 0 Å². The minimum absolute atomic E-state index is 0.000772. The molecule has 0 spiro atoms. The molecule has 1 aromatic rings. The Morgan fingerprint density at radius 2 is 1.67 bits per heavy atom. The molecule has 7 heteroatoms. The molecule has 0 saturated heterocycles. The molecule has 0 amide bonds. The third-order valence-corrected chi connectivity index (χ3v) is 4.17. The summed E-state index contributed by atoms with van der Waals surface area (Å²) < 4.78 is 22.6. The Morgan fingerprint density at radius 1 is 1.25 bits per heavy atom. The summed E-state index contributed by atoms with van der Waals surface area (Å²) in [6.07, 6.45) is 2.72. The van der Waals surface area contributed by atoms with E-state index in [0.29, 0.717) is 8.95 Å². The first-order chi connectivity index (χ1) is 5.43. The molecule has 0 aromatic carbocycles. The second-order valence-electron chi connectivity index (χ2n) is 1.87. The van der Waals surface area contributed by atoms with Crippen LogP contribution < -0.4 is 0 Å². The summed E-state index contributed by atoms with van der Waals surface area (Å²) in [5.41, 5.74) is 0. The molecule has 3 nitrogen and oxygen atoms in total. The molecular formula is C5H2Br2ClNO2S. The molecule has 1 rings (SSSR count). The van der Waals surface area contributed by atoms with Gasteiger partial charge in [-0.1, -0.05) is 0 Å². The largest absolute Gasteiger partial charge is 0.263 e. The summed E-state index contributed by atoms with van der Waals surface area (Å²) >= 11 is 6.05. The van der Waals surface area contributed by atoms with Crippen LogP contribution in [0.15, 0.2) is 26.2 Å². The van der Waals surface area contributed by atoms with E-state index in [1.54, 1.807) is 0 Å². The normalized spacial score (nSPS) is 11.6. The Bertz CT molecular complexity index is 386. The highest BCUT2D eigenvalue weighted by atomic mass is 79.9. The average Bonchev–Trinajstić information content (AvgIpc) is 1.82. The second kappa shape index (κ2) is 3.61. The highest BCUT2D eigenvalue weighted by molar-refractivity contribution is 9.11. The Kier molecular flexibility index (Phi) is 3.14. The van der Waals surface area contributed by atoms with Gasteiger partial charge in [0.15, 0.2) is 0 Å². The third kappa shape index (κ3) is 2.18. The Balaban J connectivity index is 3.53. The first-order valence-electron chi connectivity index (χ1n) is 2.66. The van der Waals surface area contributed by atoms with Gasteiger partial charge in [0, 0.05) is 23.1 Å². The van der Waals surface area contributed by atoms with E-state index < -0.39 is 9.05 Å². The van der Waals surface area contributed by atoms with E-state index in [9.17, 15) is 8.42 Å². The average molecular weight is 335 g/mol. The van der Waals surface area contributed by atoms with E-state index in [4.69, 9.17) is 10.7 Å². The van der Waals surface area contributed by atoms with Crippen LogP contribution in [0.4, 0.5) is 0 Å². The number of pyridine rings is 1. The van der Waals surface area contributed by atoms with Gasteiger partial charge in [0.25, 0.3) is 9.05 Å². The lowest BCUT2D eigenvalue weighted by atomic mass is 10.5. The molecule has 66 valence electrons. The van der Waals surface area contributed by atoms with Gasteiger partial charge < -0.3 is 0 Å². The van der Waals surface area contributed by atoms with Crippen molar-refractivity contribution >= 4 is 51.6 Å². The zero-order valence-corrected chi connectivity index (χ0v) is 10.2. The Labute approximate surface area is 90.8 Å². The molecule has 12 heavy (non-hydrogen) atoms. The number of halogens is 3. The van der Waals surface area contributed by atoms with Crippen LogP contribution in [-0.2, 0) is 9.05 Å². The van der Waals surface area contributed by atoms with E-state index in [1.807, 2.05) is 0 Å². The lowest BCUT2D eigenvalue weighted by Crippen LogP contribution is -1.94. The lowest BCUT2D eigenvalue weighted by molar-refractivity contribution is 0.608. The molecule has 0 aliphatic heterocycles. The number of hydrogen-bond acceptors (Lipinski definition) is 3. The highest BCUT2D eigenvalue weighted by Crippen LogP contribution is 2.30. The van der Waals surface area contributed by atoms with Crippen molar-refractivity contribution in [2.75, 3.05) is 0 Å². The summed E-state index contributed by atoms with van der Waals surface area (Å²) in [5, 5.41) is 0. The summed E-state index contributed by atoms with van der Waals surface area (Å²) in [6, 6.07) is 0. The third-order valence-electron chi connectivity index (χ3n) is 1.05. The fraction of sp³-hybridized carbons (Fsp3) is 0. The predicted octanol–water partition coefficient (Wildman–Crippen LogP) is 2.53. The predicted molar refractivity (Wildman–Crippen MR) is 52.7 cm³/mol. The van der Waals surface area contributed by atoms with E-state index >= 15 is 0 Å². The molecule has 1 aromatic heterocycles. The fourth-order valence-corrected chi connectivity index (χ4v) is 4.47. The van der Waals surface area contributed by atoms with Crippen molar-refractivity contribution in [2.24, 2.45) is 0 Å². The number of aromatic nitrogens is 1. The first-order valence-corrected chi connectivity index (χ1v) is 6.56. The van der Waals surface area contributed by atoms with Gasteiger partial charge in [-0.3, -0.25) is 4.98 Å². The zero-order chi connectivity index (χ0) is 9.35. The van der Waals surface area contributed by atoms with E-state index in [0.717, 1.165) is 0 Å². The van der Waals surface area contributed by atoms with Gasteiger partial charge in [0.05, 0.1) is 8.95 Å². The van der Waals surface area contributed by atoms with Crippen molar-refractivity contribution in [3.63, 3.8) is 0 Å². The topological polar surface area (TPSA) is 47.0 Å². The van der Waals surface area contributed by atoms with Gasteiger partial charge in [-0.05, 0) is 31.9 Å². The molecule has 0 fully saturated rings. The summed E-state index contributed by atoms with van der Waals surface area (Å²) in [6.45, 7) is 0. The van der Waals surface area contributed by atoms with Crippen molar-refractivity contribution in [3.8, 4) is 0 Å². The minimum Gasteiger partial charge on any atom is -0.262 e. The highest BCUT2D eigenvalue weighted by Gasteiger charge is 2.18. The minimum atomic E-state index is -3.73. The fourth-order valence-electron chi connectivity index (χ4n) is 0.632. The Hall–Kier alpha value is 0.350. The SMILES string of the molecule is O=S(=O)(Cl)c1c(Br)cncc1Br. The van der Waals surface area contributed by atoms with Crippen LogP contribution in [-0.4, -0.2) is 13.4 Å². The van der Waals surface area contributed by atoms with E-state index in [1.165, 1.54) is 12.4 Å². The van der Waals surface area contributed by atoms with Crippen molar-refractivity contribution in [3.05, 3.63) is 21.3 Å². The number of nitrogens with zero attached hydrogens (tertiary/aromatic N) is 1. The quantitative estimate of drug-likeness (QED) is 0.741. The maximum atomic E-state index is 11.0. The molecule has 0 aliphatic carbocycles. The molecule has 1 heterocycles. The van der Waals surface area contributed by atoms with Crippen LogP contribution >= 0.6 is 42.5 Å². The standard InChI is InChI=1S/C5H2Br2ClNO2S/c6-3-1-9-2-4(7)5(3)12(8,10)11/h1-2H. The van der Waals surface area contributed by atoms with Crippen LogP contribution in [0.3, 0.4) is 0 Å². The van der Waals surface area contributed by atoms with Gasteiger partial charge >= 0.3 is 0 Å². The van der Waals surface area contributed by atoms with Crippen molar-refractivity contribution in [1.82, 2.24) is 4.98 Å². The van der Waals surface area contributed by atoms with Gasteiger partial charge in [-0.2, -0.15) is 0 Å². The van der Waals surface area contributed by atoms with Gasteiger partial charge in [0.2, 0.25) is 0 Å². The van der Waals surface area contributed by atoms with Gasteiger partial charge in [0.1, 0.15) is 4.90 Å². The molecule has 0 radical (unpaired) electrons. The van der Waals surface area contributed by atoms with Crippen LogP contribution in [0.1, 0.15) is 0 Å². The van der Waals surface area contributed by atoms with Gasteiger partial charge in [-0.15, -0.1) is 0 Å². The maximum absolute atomic E-state index is 11.0. The smallest absolute Gasteiger partial charge is 0.262 e. The summed E-state index contributed by atoms with van der Waals surface area (Å²) in [4.78, 5) is 3.74. The summed E-state index contributed by atoms with van der Waals surface area (Å²) in [5.74, 6) is 0. The van der Waals surface area contributed by atoms with Crippen molar-refractivity contribution in [1.29, 1.82) is 0 Å². The van der Waals surface area contributed by atoms with E-state index in [-0.39, 0.29) is 4.90 Å². The number of rotatable bonds is 1. The lowest BCUT2D eigenvalue weighted by Gasteiger charge is -2.00. The first kappa shape index (κ1) is 10.4. The molecule has 0 N–H and O–H groups in total. The van der Waals surface area contributed by atoms with Crippen LogP contribution in [0.2, 0.25) is 0 Å². The van der Waals surface area contributed by atoms with E-state index in [2.05, 4.69) is 36.8 Å². The van der Waals surface area contributed by atoms with Crippen LogP contribution in [0.5, 0.6) is 0 Å². The summed E-state index contributed by atoms with van der Waals surface area (Å²) in [7, 11) is 1.43.